The summed E-state index contributed by atoms with van der Waals surface area (Å²) in [4.78, 5) is 32.1. The van der Waals surface area contributed by atoms with Crippen LogP contribution in [-0.4, -0.2) is 43.8 Å². The molecule has 162 valence electrons. The average Bonchev–Trinajstić information content (AvgIpc) is 3.17. The van der Waals surface area contributed by atoms with Crippen molar-refractivity contribution >= 4 is 16.9 Å². The van der Waals surface area contributed by atoms with E-state index in [4.69, 9.17) is 4.98 Å². The number of nitrogens with one attached hydrogen (secondary N) is 1. The quantitative estimate of drug-likeness (QED) is 0.508. The van der Waals surface area contributed by atoms with Crippen LogP contribution in [0.3, 0.4) is 0 Å². The van der Waals surface area contributed by atoms with Crippen LogP contribution in [-0.2, 0) is 0 Å². The molecule has 1 aliphatic heterocycles. The van der Waals surface area contributed by atoms with Crippen LogP contribution in [0, 0.1) is 19.7 Å². The molecular formula is C25H24FN5O. The topological polar surface area (TPSA) is 74.8 Å². The highest BCUT2D eigenvalue weighted by Gasteiger charge is 2.28. The minimum atomic E-state index is -0.292. The van der Waals surface area contributed by atoms with Crippen molar-refractivity contribution in [3.63, 3.8) is 0 Å². The Kier molecular flexibility index (Phi) is 5.17. The second-order valence-electron chi connectivity index (χ2n) is 8.41. The lowest BCUT2D eigenvalue weighted by Gasteiger charge is -2.32. The largest absolute Gasteiger partial charge is 0.342 e. The Bertz CT molecular complexity index is 1310. The van der Waals surface area contributed by atoms with Gasteiger partial charge in [-0.05, 0) is 63.1 Å². The van der Waals surface area contributed by atoms with Crippen LogP contribution >= 0.6 is 0 Å². The molecule has 1 unspecified atom stereocenters. The lowest BCUT2D eigenvalue weighted by molar-refractivity contribution is 0.0704. The van der Waals surface area contributed by atoms with E-state index in [1.807, 2.05) is 49.1 Å². The third kappa shape index (κ3) is 3.98. The van der Waals surface area contributed by atoms with Gasteiger partial charge >= 0.3 is 0 Å². The van der Waals surface area contributed by atoms with Crippen LogP contribution in [0.1, 0.15) is 46.5 Å². The molecule has 0 saturated carbocycles. The zero-order valence-electron chi connectivity index (χ0n) is 18.1. The molecule has 32 heavy (non-hydrogen) atoms. The van der Waals surface area contributed by atoms with Gasteiger partial charge in [-0.2, -0.15) is 0 Å². The van der Waals surface area contributed by atoms with Gasteiger partial charge < -0.3 is 9.88 Å². The molecule has 0 radical (unpaired) electrons. The summed E-state index contributed by atoms with van der Waals surface area (Å²) in [5, 5.41) is 0. The van der Waals surface area contributed by atoms with Gasteiger partial charge in [-0.1, -0.05) is 12.1 Å². The lowest BCUT2D eigenvalue weighted by Crippen LogP contribution is -2.39. The number of aryl methyl sites for hydroxylation is 2. The Morgan fingerprint density at radius 3 is 2.81 bits per heavy atom. The first-order valence-corrected chi connectivity index (χ1v) is 10.8. The van der Waals surface area contributed by atoms with Gasteiger partial charge in [-0.25, -0.2) is 19.3 Å². The first-order chi connectivity index (χ1) is 15.5. The molecule has 1 amide bonds. The Labute approximate surface area is 185 Å². The summed E-state index contributed by atoms with van der Waals surface area (Å²) >= 11 is 0. The van der Waals surface area contributed by atoms with Crippen molar-refractivity contribution in [3.8, 4) is 11.3 Å². The van der Waals surface area contributed by atoms with Crippen molar-refractivity contribution in [2.45, 2.75) is 32.6 Å². The van der Waals surface area contributed by atoms with Crippen LogP contribution in [0.5, 0.6) is 0 Å². The number of amides is 1. The molecule has 3 heterocycles. The summed E-state index contributed by atoms with van der Waals surface area (Å²) in [6.07, 6.45) is 1.79. The van der Waals surface area contributed by atoms with Crippen LogP contribution in [0.4, 0.5) is 4.39 Å². The van der Waals surface area contributed by atoms with E-state index in [0.29, 0.717) is 30.2 Å². The molecule has 1 saturated heterocycles. The summed E-state index contributed by atoms with van der Waals surface area (Å²) in [6, 6.07) is 13.9. The van der Waals surface area contributed by atoms with E-state index in [9.17, 15) is 9.18 Å². The summed E-state index contributed by atoms with van der Waals surface area (Å²) in [7, 11) is 0. The van der Waals surface area contributed by atoms with Crippen LogP contribution < -0.4 is 0 Å². The first kappa shape index (κ1) is 20.3. The number of hydrogen-bond donors (Lipinski definition) is 1. The van der Waals surface area contributed by atoms with Gasteiger partial charge in [-0.3, -0.25) is 4.79 Å². The Hall–Kier alpha value is -3.61. The number of rotatable bonds is 3. The third-order valence-electron chi connectivity index (χ3n) is 5.91. The maximum Gasteiger partial charge on any atom is 0.253 e. The SMILES string of the molecule is Cc1cc(-c2cccc(F)c2)nc(C2CCCN(C(=O)c3ccc4nc(C)[nH]c4c3)C2)n1. The fourth-order valence-electron chi connectivity index (χ4n) is 4.39. The predicted octanol–water partition coefficient (Wildman–Crippen LogP) is 4.80. The molecule has 2 aromatic heterocycles. The van der Waals surface area contributed by atoms with E-state index in [1.165, 1.54) is 12.1 Å². The minimum Gasteiger partial charge on any atom is -0.342 e. The first-order valence-electron chi connectivity index (χ1n) is 10.8. The molecule has 5 rings (SSSR count). The smallest absolute Gasteiger partial charge is 0.253 e. The Morgan fingerprint density at radius 2 is 1.97 bits per heavy atom. The Balaban J connectivity index is 1.40. The van der Waals surface area contributed by atoms with E-state index in [2.05, 4.69) is 15.0 Å². The number of H-pyrrole nitrogens is 1. The number of piperidine rings is 1. The molecular weight excluding hydrogens is 405 g/mol. The number of carbonyl (C=O) groups is 1. The molecule has 0 spiro atoms. The summed E-state index contributed by atoms with van der Waals surface area (Å²) in [6.45, 7) is 5.08. The van der Waals surface area contributed by atoms with Gasteiger partial charge in [0.1, 0.15) is 17.5 Å². The highest BCUT2D eigenvalue weighted by molar-refractivity contribution is 5.97. The fraction of sp³-hybridized carbons (Fsp3) is 0.280. The molecule has 2 aromatic carbocycles. The van der Waals surface area contributed by atoms with E-state index >= 15 is 0 Å². The number of benzene rings is 2. The monoisotopic (exact) mass is 429 g/mol. The predicted molar refractivity (Wildman–Crippen MR) is 121 cm³/mol. The summed E-state index contributed by atoms with van der Waals surface area (Å²) in [5.41, 5.74) is 4.63. The normalized spacial score (nSPS) is 16.5. The number of fused-ring (bicyclic) bond motifs is 1. The van der Waals surface area contributed by atoms with E-state index < -0.39 is 0 Å². The lowest BCUT2D eigenvalue weighted by atomic mass is 9.96. The van der Waals surface area contributed by atoms with Crippen molar-refractivity contribution in [2.24, 2.45) is 0 Å². The highest BCUT2D eigenvalue weighted by atomic mass is 19.1. The second-order valence-corrected chi connectivity index (χ2v) is 8.41. The molecule has 4 aromatic rings. The zero-order valence-corrected chi connectivity index (χ0v) is 18.1. The molecule has 1 aliphatic rings. The van der Waals surface area contributed by atoms with Gasteiger partial charge in [0, 0.05) is 35.8 Å². The van der Waals surface area contributed by atoms with Gasteiger partial charge in [0.2, 0.25) is 0 Å². The molecule has 0 aliphatic carbocycles. The van der Waals surface area contributed by atoms with E-state index in [-0.39, 0.29) is 17.6 Å². The van der Waals surface area contributed by atoms with Crippen LogP contribution in [0.2, 0.25) is 0 Å². The van der Waals surface area contributed by atoms with Crippen molar-refractivity contribution < 1.29 is 9.18 Å². The van der Waals surface area contributed by atoms with E-state index in [0.717, 1.165) is 41.0 Å². The molecule has 1 N–H and O–H groups in total. The van der Waals surface area contributed by atoms with E-state index in [1.54, 1.807) is 6.07 Å². The summed E-state index contributed by atoms with van der Waals surface area (Å²) in [5.74, 6) is 1.29. The molecule has 6 nitrogen and oxygen atoms in total. The van der Waals surface area contributed by atoms with Crippen LogP contribution in [0.25, 0.3) is 22.3 Å². The number of aromatic nitrogens is 4. The van der Waals surface area contributed by atoms with Crippen molar-refractivity contribution in [3.05, 3.63) is 77.3 Å². The maximum atomic E-state index is 13.7. The second kappa shape index (κ2) is 8.15. The number of hydrogen-bond acceptors (Lipinski definition) is 4. The summed E-state index contributed by atoms with van der Waals surface area (Å²) < 4.78 is 13.7. The number of carbonyl (C=O) groups excluding carboxylic acids is 1. The zero-order chi connectivity index (χ0) is 22.2. The molecule has 1 atom stereocenters. The van der Waals surface area contributed by atoms with Gasteiger partial charge in [-0.15, -0.1) is 0 Å². The molecule has 7 heteroatoms. The van der Waals surface area contributed by atoms with Gasteiger partial charge in [0.15, 0.2) is 0 Å². The minimum absolute atomic E-state index is 0.00172. The number of nitrogens with zero attached hydrogens (tertiary/aromatic N) is 4. The number of aromatic amines is 1. The standard InChI is InChI=1S/C25H24FN5O/c1-15-11-22(17-5-3-7-20(26)12-17)30-24(27-15)19-6-4-10-31(14-19)25(32)18-8-9-21-23(13-18)29-16(2)28-21/h3,5,7-9,11-13,19H,4,6,10,14H2,1-2H3,(H,28,29). The van der Waals surface area contributed by atoms with Crippen LogP contribution in [0.15, 0.2) is 48.5 Å². The molecule has 1 fully saturated rings. The number of imidazole rings is 1. The fourth-order valence-corrected chi connectivity index (χ4v) is 4.39. The number of likely N-dealkylation sites (tertiary alicyclic amines) is 1. The Morgan fingerprint density at radius 1 is 1.09 bits per heavy atom. The van der Waals surface area contributed by atoms with Crippen molar-refractivity contribution in [2.75, 3.05) is 13.1 Å². The highest BCUT2D eigenvalue weighted by Crippen LogP contribution is 2.28. The number of halogens is 1. The van der Waals surface area contributed by atoms with Gasteiger partial charge in [0.25, 0.3) is 5.91 Å². The van der Waals surface area contributed by atoms with Crippen molar-refractivity contribution in [1.29, 1.82) is 0 Å². The average molecular weight is 429 g/mol. The molecule has 0 bridgehead atoms. The van der Waals surface area contributed by atoms with Gasteiger partial charge in [0.05, 0.1) is 16.7 Å². The third-order valence-corrected chi connectivity index (χ3v) is 5.91. The van der Waals surface area contributed by atoms with Crippen molar-refractivity contribution in [1.82, 2.24) is 24.8 Å². The maximum absolute atomic E-state index is 13.7.